The Morgan fingerprint density at radius 1 is 1.14 bits per heavy atom. The largest absolute Gasteiger partial charge is 0.468 e. The van der Waals surface area contributed by atoms with Crippen molar-refractivity contribution in [3.63, 3.8) is 0 Å². The molecule has 29 heavy (non-hydrogen) atoms. The van der Waals surface area contributed by atoms with Gasteiger partial charge >= 0.3 is 5.97 Å². The van der Waals surface area contributed by atoms with Crippen molar-refractivity contribution in [3.8, 4) is 0 Å². The predicted octanol–water partition coefficient (Wildman–Crippen LogP) is 2.32. The van der Waals surface area contributed by atoms with Crippen molar-refractivity contribution in [2.24, 2.45) is 0 Å². The molecule has 0 unspecified atom stereocenters. The van der Waals surface area contributed by atoms with E-state index in [2.05, 4.69) is 4.72 Å². The summed E-state index contributed by atoms with van der Waals surface area (Å²) in [6.45, 7) is 2.93. The van der Waals surface area contributed by atoms with Gasteiger partial charge in [-0.3, -0.25) is 4.79 Å². The van der Waals surface area contributed by atoms with Crippen LogP contribution in [0.4, 0.5) is 0 Å². The van der Waals surface area contributed by atoms with E-state index in [1.165, 1.54) is 30.5 Å². The van der Waals surface area contributed by atoms with Gasteiger partial charge in [-0.1, -0.05) is 0 Å². The summed E-state index contributed by atoms with van der Waals surface area (Å²) in [5.41, 5.74) is 0.174. The van der Waals surface area contributed by atoms with Crippen molar-refractivity contribution < 1.29 is 27.2 Å². The summed E-state index contributed by atoms with van der Waals surface area (Å²) in [5.74, 6) is -0.393. The number of carbonyl (C=O) groups is 2. The Balaban J connectivity index is 1.58. The molecule has 1 fully saturated rings. The molecule has 0 saturated carbocycles. The Hall–Kier alpha value is -2.65. The number of hydrogen-bond donors (Lipinski definition) is 1. The smallest absolute Gasteiger partial charge is 0.338 e. The number of furan rings is 1. The Morgan fingerprint density at radius 3 is 2.45 bits per heavy atom. The molecular formula is C20H24N2O6S. The first-order valence-corrected chi connectivity index (χ1v) is 11.0. The molecule has 9 heteroatoms. The normalized spacial score (nSPS) is 15.7. The van der Waals surface area contributed by atoms with Crippen molar-refractivity contribution in [1.29, 1.82) is 0 Å². The van der Waals surface area contributed by atoms with E-state index < -0.39 is 22.1 Å². The quantitative estimate of drug-likeness (QED) is 0.689. The Bertz CT molecular complexity index is 932. The highest BCUT2D eigenvalue weighted by Crippen LogP contribution is 2.15. The Labute approximate surface area is 169 Å². The standard InChI is InChI=1S/C20H24N2O6S/c1-15(19(23)22-11-3-2-4-12-22)28-20(24)16-7-9-18(10-8-16)29(25,26)21-14-17-6-5-13-27-17/h5-10,13,15,21H,2-4,11-12,14H2,1H3/t15-/m0/s1. The number of hydrogen-bond acceptors (Lipinski definition) is 6. The minimum Gasteiger partial charge on any atom is -0.468 e. The highest BCUT2D eigenvalue weighted by atomic mass is 32.2. The van der Waals surface area contributed by atoms with Crippen molar-refractivity contribution in [2.45, 2.75) is 43.7 Å². The molecule has 1 aliphatic heterocycles. The van der Waals surface area contributed by atoms with Crippen molar-refractivity contribution >= 4 is 21.9 Å². The van der Waals surface area contributed by atoms with Crippen LogP contribution in [0.1, 0.15) is 42.3 Å². The zero-order chi connectivity index (χ0) is 20.9. The molecule has 0 bridgehead atoms. The van der Waals surface area contributed by atoms with Crippen molar-refractivity contribution in [1.82, 2.24) is 9.62 Å². The summed E-state index contributed by atoms with van der Waals surface area (Å²) in [6, 6.07) is 8.69. The predicted molar refractivity (Wildman–Crippen MR) is 104 cm³/mol. The highest BCUT2D eigenvalue weighted by molar-refractivity contribution is 7.89. The number of sulfonamides is 1. The van der Waals surface area contributed by atoms with Gasteiger partial charge < -0.3 is 14.1 Å². The molecule has 2 heterocycles. The van der Waals surface area contributed by atoms with Gasteiger partial charge in [0.15, 0.2) is 6.10 Å². The highest BCUT2D eigenvalue weighted by Gasteiger charge is 2.25. The van der Waals surface area contributed by atoms with Crippen LogP contribution in [0, 0.1) is 0 Å². The molecule has 1 aromatic carbocycles. The first kappa shape index (κ1) is 21.1. The lowest BCUT2D eigenvalue weighted by Gasteiger charge is -2.28. The topological polar surface area (TPSA) is 106 Å². The van der Waals surface area contributed by atoms with Crippen LogP contribution in [-0.2, 0) is 26.1 Å². The molecule has 0 aliphatic carbocycles. The molecule has 8 nitrogen and oxygen atoms in total. The van der Waals surface area contributed by atoms with E-state index >= 15 is 0 Å². The molecule has 1 amide bonds. The summed E-state index contributed by atoms with van der Waals surface area (Å²) >= 11 is 0. The molecule has 1 aliphatic rings. The number of rotatable bonds is 7. The van der Waals surface area contributed by atoms with Crippen LogP contribution in [0.15, 0.2) is 52.0 Å². The molecule has 1 atom stereocenters. The maximum absolute atomic E-state index is 12.4. The van der Waals surface area contributed by atoms with E-state index in [9.17, 15) is 18.0 Å². The third-order valence-corrected chi connectivity index (χ3v) is 6.13. The van der Waals surface area contributed by atoms with E-state index in [0.29, 0.717) is 18.8 Å². The van der Waals surface area contributed by atoms with Gasteiger partial charge in [0.05, 0.1) is 23.3 Å². The fourth-order valence-electron chi connectivity index (χ4n) is 3.08. The van der Waals surface area contributed by atoms with Crippen LogP contribution < -0.4 is 4.72 Å². The van der Waals surface area contributed by atoms with Gasteiger partial charge in [-0.2, -0.15) is 0 Å². The lowest BCUT2D eigenvalue weighted by molar-refractivity contribution is -0.140. The summed E-state index contributed by atoms with van der Waals surface area (Å²) < 4.78 is 37.4. The first-order chi connectivity index (χ1) is 13.9. The average Bonchev–Trinajstić information content (AvgIpc) is 3.26. The molecule has 156 valence electrons. The minimum atomic E-state index is -3.75. The third kappa shape index (κ3) is 5.45. The van der Waals surface area contributed by atoms with Crippen LogP contribution in [0.25, 0.3) is 0 Å². The van der Waals surface area contributed by atoms with E-state index in [1.807, 2.05) is 0 Å². The van der Waals surface area contributed by atoms with Crippen LogP contribution in [0.5, 0.6) is 0 Å². The molecule has 1 aromatic heterocycles. The van der Waals surface area contributed by atoms with Gasteiger partial charge in [0.1, 0.15) is 5.76 Å². The molecular weight excluding hydrogens is 396 g/mol. The number of amides is 1. The van der Waals surface area contributed by atoms with E-state index in [-0.39, 0.29) is 22.9 Å². The number of ether oxygens (including phenoxy) is 1. The van der Waals surface area contributed by atoms with Gasteiger partial charge in [-0.25, -0.2) is 17.9 Å². The average molecular weight is 420 g/mol. The maximum Gasteiger partial charge on any atom is 0.338 e. The summed E-state index contributed by atoms with van der Waals surface area (Å²) in [6.07, 6.45) is 3.58. The second-order valence-corrected chi connectivity index (χ2v) is 8.63. The van der Waals surface area contributed by atoms with Crippen LogP contribution in [-0.4, -0.2) is 44.4 Å². The van der Waals surface area contributed by atoms with Gasteiger partial charge in [0.2, 0.25) is 10.0 Å². The van der Waals surface area contributed by atoms with Crippen molar-refractivity contribution in [2.75, 3.05) is 13.1 Å². The van der Waals surface area contributed by atoms with Crippen LogP contribution in [0.3, 0.4) is 0 Å². The zero-order valence-corrected chi connectivity index (χ0v) is 17.0. The van der Waals surface area contributed by atoms with E-state index in [1.54, 1.807) is 24.0 Å². The number of nitrogens with one attached hydrogen (secondary N) is 1. The number of esters is 1. The lowest BCUT2D eigenvalue weighted by atomic mass is 10.1. The van der Waals surface area contributed by atoms with Crippen molar-refractivity contribution in [3.05, 3.63) is 54.0 Å². The van der Waals surface area contributed by atoms with Gasteiger partial charge in [-0.05, 0) is 62.6 Å². The summed E-state index contributed by atoms with van der Waals surface area (Å²) in [7, 11) is -3.75. The second kappa shape index (κ2) is 9.23. The fourth-order valence-corrected chi connectivity index (χ4v) is 4.08. The molecule has 3 rings (SSSR count). The zero-order valence-electron chi connectivity index (χ0n) is 16.2. The van der Waals surface area contributed by atoms with E-state index in [0.717, 1.165) is 19.3 Å². The van der Waals surface area contributed by atoms with Gasteiger partial charge in [-0.15, -0.1) is 0 Å². The Morgan fingerprint density at radius 2 is 1.83 bits per heavy atom. The van der Waals surface area contributed by atoms with Gasteiger partial charge in [0.25, 0.3) is 5.91 Å². The molecule has 1 N–H and O–H groups in total. The molecule has 0 radical (unpaired) electrons. The SMILES string of the molecule is C[C@H](OC(=O)c1ccc(S(=O)(=O)NCc2ccco2)cc1)C(=O)N1CCCCC1. The number of carbonyl (C=O) groups excluding carboxylic acids is 2. The molecule has 2 aromatic rings. The summed E-state index contributed by atoms with van der Waals surface area (Å²) in [4.78, 5) is 26.4. The number of nitrogens with zero attached hydrogens (tertiary/aromatic N) is 1. The van der Waals surface area contributed by atoms with E-state index in [4.69, 9.17) is 9.15 Å². The third-order valence-electron chi connectivity index (χ3n) is 4.72. The van der Waals surface area contributed by atoms with Crippen LogP contribution >= 0.6 is 0 Å². The fraction of sp³-hybridized carbons (Fsp3) is 0.400. The molecule has 0 spiro atoms. The summed E-state index contributed by atoms with van der Waals surface area (Å²) in [5, 5.41) is 0. The maximum atomic E-state index is 12.4. The second-order valence-electron chi connectivity index (χ2n) is 6.86. The number of piperidine rings is 1. The Kier molecular flexibility index (Phi) is 6.71. The minimum absolute atomic E-state index is 0.0121. The number of benzene rings is 1. The monoisotopic (exact) mass is 420 g/mol. The lowest BCUT2D eigenvalue weighted by Crippen LogP contribution is -2.42. The number of likely N-dealkylation sites (tertiary alicyclic amines) is 1. The van der Waals surface area contributed by atoms with Gasteiger partial charge in [0, 0.05) is 13.1 Å². The first-order valence-electron chi connectivity index (χ1n) is 9.49. The molecule has 1 saturated heterocycles. The van der Waals surface area contributed by atoms with Crippen LogP contribution in [0.2, 0.25) is 0 Å².